The van der Waals surface area contributed by atoms with Crippen molar-refractivity contribution in [3.05, 3.63) is 70.3 Å². The van der Waals surface area contributed by atoms with Crippen molar-refractivity contribution in [3.63, 3.8) is 0 Å². The molecule has 0 aliphatic carbocycles. The maximum absolute atomic E-state index is 12.8. The maximum atomic E-state index is 12.8. The van der Waals surface area contributed by atoms with E-state index in [2.05, 4.69) is 4.74 Å². The first-order valence-electron chi connectivity index (χ1n) is 8.53. The molecule has 0 saturated carbocycles. The number of carbonyl (C=O) groups is 2. The second kappa shape index (κ2) is 10.7. The molecule has 0 unspecified atom stereocenters. The summed E-state index contributed by atoms with van der Waals surface area (Å²) in [5, 5.41) is 8.21. The molecule has 2 rings (SSSR count). The van der Waals surface area contributed by atoms with Crippen molar-refractivity contribution in [1.82, 2.24) is 0 Å². The summed E-state index contributed by atoms with van der Waals surface area (Å²) in [5.41, 5.74) is -3.62. The van der Waals surface area contributed by atoms with Gasteiger partial charge in [0.15, 0.2) is 5.78 Å². The molecule has 2 aromatic rings. The maximum Gasteiger partial charge on any atom is 0.419 e. The third-order valence-corrected chi connectivity index (χ3v) is 3.62. The summed E-state index contributed by atoms with van der Waals surface area (Å²) in [5.74, 6) is -4.54. The van der Waals surface area contributed by atoms with Crippen LogP contribution in [0.1, 0.15) is 45.2 Å². The van der Waals surface area contributed by atoms with Gasteiger partial charge in [0.25, 0.3) is 0 Å². The van der Waals surface area contributed by atoms with E-state index >= 15 is 0 Å². The van der Waals surface area contributed by atoms with Gasteiger partial charge in [-0.25, -0.2) is 13.6 Å². The molecule has 0 N–H and O–H groups in total. The summed E-state index contributed by atoms with van der Waals surface area (Å²) < 4.78 is 104. The van der Waals surface area contributed by atoms with E-state index in [1.54, 1.807) is 0 Å². The van der Waals surface area contributed by atoms with E-state index in [4.69, 9.17) is 5.26 Å². The van der Waals surface area contributed by atoms with E-state index in [1.165, 1.54) is 13.0 Å². The lowest BCUT2D eigenvalue weighted by Gasteiger charge is -2.09. The first-order valence-corrected chi connectivity index (χ1v) is 8.53. The fourth-order valence-electron chi connectivity index (χ4n) is 2.17. The predicted octanol–water partition coefficient (Wildman–Crippen LogP) is 5.96. The molecule has 172 valence electrons. The number of carbonyl (C=O) groups excluding carboxylic acids is 2. The normalized spacial score (nSPS) is 11.1. The average molecular weight is 467 g/mol. The molecule has 0 aliphatic rings. The Bertz CT molecular complexity index is 1020. The van der Waals surface area contributed by atoms with Gasteiger partial charge in [-0.05, 0) is 43.3 Å². The zero-order valence-electron chi connectivity index (χ0n) is 16.1. The lowest BCUT2D eigenvalue weighted by atomic mass is 10.0. The molecular weight excluding hydrogens is 454 g/mol. The highest BCUT2D eigenvalue weighted by molar-refractivity contribution is 5.97. The molecule has 0 radical (unpaired) electrons. The summed E-state index contributed by atoms with van der Waals surface area (Å²) in [7, 11) is 0. The second-order valence-corrected chi connectivity index (χ2v) is 5.86. The Balaban J connectivity index is 0.000000320. The van der Waals surface area contributed by atoms with E-state index in [1.807, 2.05) is 0 Å². The smallest absolute Gasteiger partial charge is 0.419 e. The predicted molar refractivity (Wildman–Crippen MR) is 93.3 cm³/mol. The Hall–Kier alpha value is -3.49. The number of nitriles is 1. The summed E-state index contributed by atoms with van der Waals surface area (Å²) in [6.45, 7) is 1.56. The molecule has 0 heterocycles. The van der Waals surface area contributed by atoms with Crippen LogP contribution in [0.15, 0.2) is 36.4 Å². The van der Waals surface area contributed by atoms with E-state index < -0.39 is 53.3 Å². The van der Waals surface area contributed by atoms with Crippen molar-refractivity contribution in [1.29, 1.82) is 5.26 Å². The standard InChI is InChI=1S/C10H5F4NO.C10H8F4O2/c11-8-2-1-6(9(16)3-4-15)5-7(8)10(12,13)14;1-2-16-9(15)6-3-4-8(11)7(5-6)10(12,13)14/h1-2,5H,3H2;3-5H,2H2,1H3. The molecule has 0 fully saturated rings. The van der Waals surface area contributed by atoms with Gasteiger partial charge in [-0.15, -0.1) is 0 Å². The van der Waals surface area contributed by atoms with Crippen LogP contribution in [-0.2, 0) is 17.1 Å². The molecule has 0 spiro atoms. The summed E-state index contributed by atoms with van der Waals surface area (Å²) >= 11 is 0. The minimum Gasteiger partial charge on any atom is -0.462 e. The van der Waals surface area contributed by atoms with Gasteiger partial charge >= 0.3 is 18.3 Å². The number of rotatable bonds is 4. The van der Waals surface area contributed by atoms with Crippen LogP contribution in [0.5, 0.6) is 0 Å². The van der Waals surface area contributed by atoms with Crippen molar-refractivity contribution < 1.29 is 49.4 Å². The Kier molecular flexibility index (Phi) is 8.87. The Morgan fingerprint density at radius 2 is 1.31 bits per heavy atom. The Morgan fingerprint density at radius 3 is 1.72 bits per heavy atom. The number of ether oxygens (including phenoxy) is 1. The third kappa shape index (κ3) is 7.33. The Labute approximate surface area is 176 Å². The van der Waals surface area contributed by atoms with Crippen molar-refractivity contribution in [2.24, 2.45) is 0 Å². The number of benzene rings is 2. The molecule has 0 bridgehead atoms. The van der Waals surface area contributed by atoms with Gasteiger partial charge in [0.05, 0.1) is 35.8 Å². The van der Waals surface area contributed by atoms with Gasteiger partial charge in [-0.3, -0.25) is 4.79 Å². The molecule has 4 nitrogen and oxygen atoms in total. The molecule has 0 aliphatic heterocycles. The van der Waals surface area contributed by atoms with Crippen LogP contribution in [0, 0.1) is 23.0 Å². The van der Waals surface area contributed by atoms with Crippen molar-refractivity contribution in [2.45, 2.75) is 25.7 Å². The first-order chi connectivity index (χ1) is 14.7. The van der Waals surface area contributed by atoms with Crippen LogP contribution < -0.4 is 0 Å². The van der Waals surface area contributed by atoms with Gasteiger partial charge in [-0.2, -0.15) is 31.6 Å². The number of ketones is 1. The average Bonchev–Trinajstić information content (AvgIpc) is 2.67. The number of hydrogen-bond acceptors (Lipinski definition) is 4. The number of nitrogens with zero attached hydrogens (tertiary/aromatic N) is 1. The quantitative estimate of drug-likeness (QED) is 0.316. The summed E-state index contributed by atoms with van der Waals surface area (Å²) in [6.07, 6.45) is -10.2. The molecule has 0 saturated heterocycles. The van der Waals surface area contributed by atoms with E-state index in [-0.39, 0.29) is 17.7 Å². The fourth-order valence-corrected chi connectivity index (χ4v) is 2.17. The van der Waals surface area contributed by atoms with Gasteiger partial charge in [-0.1, -0.05) is 0 Å². The molecule has 12 heteroatoms. The molecule has 2 aromatic carbocycles. The molecule has 0 aromatic heterocycles. The topological polar surface area (TPSA) is 67.2 Å². The zero-order valence-corrected chi connectivity index (χ0v) is 16.1. The highest BCUT2D eigenvalue weighted by Gasteiger charge is 2.35. The van der Waals surface area contributed by atoms with Crippen molar-refractivity contribution >= 4 is 11.8 Å². The number of alkyl halides is 6. The SMILES string of the molecule is CCOC(=O)c1ccc(F)c(C(F)(F)F)c1.N#CCC(=O)c1ccc(F)c(C(F)(F)F)c1. The van der Waals surface area contributed by atoms with E-state index in [0.717, 1.165) is 12.1 Å². The third-order valence-electron chi connectivity index (χ3n) is 3.62. The van der Waals surface area contributed by atoms with Crippen LogP contribution in [0.2, 0.25) is 0 Å². The van der Waals surface area contributed by atoms with Crippen LogP contribution in [0.25, 0.3) is 0 Å². The number of hydrogen-bond donors (Lipinski definition) is 0. The lowest BCUT2D eigenvalue weighted by Crippen LogP contribution is -2.11. The first kappa shape index (κ1) is 26.5. The minimum atomic E-state index is -4.85. The lowest BCUT2D eigenvalue weighted by molar-refractivity contribution is -0.140. The van der Waals surface area contributed by atoms with Gasteiger partial charge in [0.1, 0.15) is 11.6 Å². The van der Waals surface area contributed by atoms with Crippen LogP contribution in [0.3, 0.4) is 0 Å². The van der Waals surface area contributed by atoms with Gasteiger partial charge in [0, 0.05) is 5.56 Å². The largest absolute Gasteiger partial charge is 0.462 e. The van der Waals surface area contributed by atoms with Crippen LogP contribution >= 0.6 is 0 Å². The molecule has 32 heavy (non-hydrogen) atoms. The fraction of sp³-hybridized carbons (Fsp3) is 0.250. The highest BCUT2D eigenvalue weighted by atomic mass is 19.4. The molecule has 0 amide bonds. The molecule has 0 atom stereocenters. The van der Waals surface area contributed by atoms with Gasteiger partial charge in [0.2, 0.25) is 0 Å². The Morgan fingerprint density at radius 1 is 0.875 bits per heavy atom. The summed E-state index contributed by atoms with van der Waals surface area (Å²) in [4.78, 5) is 22.2. The number of esters is 1. The van der Waals surface area contributed by atoms with Gasteiger partial charge < -0.3 is 4.74 Å². The number of halogens is 8. The van der Waals surface area contributed by atoms with Crippen LogP contribution in [0.4, 0.5) is 35.1 Å². The monoisotopic (exact) mass is 467 g/mol. The second-order valence-electron chi connectivity index (χ2n) is 5.86. The van der Waals surface area contributed by atoms with E-state index in [0.29, 0.717) is 24.3 Å². The number of Topliss-reactive ketones (excluding diaryl/α,β-unsaturated/α-hetero) is 1. The summed E-state index contributed by atoms with van der Waals surface area (Å²) in [6, 6.07) is 5.39. The zero-order chi connectivity index (χ0) is 24.7. The van der Waals surface area contributed by atoms with Crippen LogP contribution in [-0.4, -0.2) is 18.4 Å². The molecular formula is C20H13F8NO3. The van der Waals surface area contributed by atoms with Crippen molar-refractivity contribution in [2.75, 3.05) is 6.61 Å². The van der Waals surface area contributed by atoms with E-state index in [9.17, 15) is 44.7 Å². The minimum absolute atomic E-state index is 0.0392. The highest BCUT2D eigenvalue weighted by Crippen LogP contribution is 2.33. The van der Waals surface area contributed by atoms with Crippen molar-refractivity contribution in [3.8, 4) is 6.07 Å².